The number of hydrogen-bond acceptors (Lipinski definition) is 6. The number of ether oxygens (including phenoxy) is 2. The van der Waals surface area contributed by atoms with Gasteiger partial charge in [-0.2, -0.15) is 0 Å². The number of benzene rings is 5. The Balaban J connectivity index is 0.000000187. The molecule has 8 heteroatoms. The summed E-state index contributed by atoms with van der Waals surface area (Å²) < 4.78 is 12.7. The number of carbonyl (C=O) groups excluding carboxylic acids is 2. The van der Waals surface area contributed by atoms with Crippen LogP contribution in [0, 0.1) is 13.1 Å². The van der Waals surface area contributed by atoms with E-state index in [0.29, 0.717) is 46.8 Å². The zero-order chi connectivity index (χ0) is 37.1. The zero-order valence-electron chi connectivity index (χ0n) is 30.0. The van der Waals surface area contributed by atoms with E-state index in [9.17, 15) is 9.59 Å². The monoisotopic (exact) mass is 744 g/mol. The molecule has 5 aromatic rings. The fourth-order valence-electron chi connectivity index (χ4n) is 8.22. The summed E-state index contributed by atoms with van der Waals surface area (Å²) >= 11 is 0. The Labute approximate surface area is 330 Å². The second kappa shape index (κ2) is 16.7. The topological polar surface area (TPSA) is 76.6 Å². The lowest BCUT2D eigenvalue weighted by Crippen LogP contribution is -2.54. The molecule has 0 bridgehead atoms. The number of ketones is 2. The van der Waals surface area contributed by atoms with Crippen molar-refractivity contribution < 1.29 is 19.1 Å². The Morgan fingerprint density at radius 3 is 1.70 bits per heavy atom. The Morgan fingerprint density at radius 2 is 1.14 bits per heavy atom. The molecule has 1 N–H and O–H groups in total. The van der Waals surface area contributed by atoms with Gasteiger partial charge in [-0.25, -0.2) is 9.69 Å². The molecule has 0 aromatic heterocycles. The van der Waals surface area contributed by atoms with Crippen molar-refractivity contribution in [3.63, 3.8) is 0 Å². The minimum absolute atomic E-state index is 0. The molecule has 8 nitrogen and oxygen atoms in total. The smallest absolute Gasteiger partial charge is 0.187 e. The van der Waals surface area contributed by atoms with Gasteiger partial charge in [-0.1, -0.05) is 81.6 Å². The molecule has 2 spiro atoms. The number of anilines is 1. The molecule has 4 heterocycles. The van der Waals surface area contributed by atoms with Crippen molar-refractivity contribution in [2.75, 3.05) is 31.1 Å². The highest BCUT2D eigenvalue weighted by Gasteiger charge is 2.44. The van der Waals surface area contributed by atoms with E-state index >= 15 is 0 Å². The molecule has 5 aromatic carbocycles. The van der Waals surface area contributed by atoms with E-state index in [0.717, 1.165) is 74.1 Å². The van der Waals surface area contributed by atoms with Gasteiger partial charge in [-0.15, -0.1) is 0 Å². The lowest BCUT2D eigenvalue weighted by molar-refractivity contribution is 0.0233. The Morgan fingerprint density at radius 1 is 0.607 bits per heavy atom. The summed E-state index contributed by atoms with van der Waals surface area (Å²) in [5.74, 6) is 1.63. The maximum Gasteiger partial charge on any atom is 0.187 e. The molecule has 56 heavy (non-hydrogen) atoms. The fourth-order valence-corrected chi connectivity index (χ4v) is 8.22. The van der Waals surface area contributed by atoms with Gasteiger partial charge in [-0.05, 0) is 103 Å². The van der Waals surface area contributed by atoms with E-state index < -0.39 is 5.60 Å². The van der Waals surface area contributed by atoms with Gasteiger partial charge in [0.1, 0.15) is 22.7 Å². The van der Waals surface area contributed by atoms with Crippen LogP contribution in [0.1, 0.15) is 74.1 Å². The molecule has 0 aliphatic carbocycles. The molecular weight excluding hydrogens is 697 g/mol. The number of fused-ring (bicyclic) bond motifs is 2. The number of piperidine rings is 2. The van der Waals surface area contributed by atoms with Crippen LogP contribution in [0.15, 0.2) is 115 Å². The summed E-state index contributed by atoms with van der Waals surface area (Å²) in [6, 6.07) is 36.8. The van der Waals surface area contributed by atoms with E-state index in [-0.39, 0.29) is 32.0 Å². The van der Waals surface area contributed by atoms with Crippen LogP contribution >= 0.6 is 0 Å². The predicted molar refractivity (Wildman–Crippen MR) is 224 cm³/mol. The number of rotatable bonds is 3. The molecule has 0 radical (unpaired) electrons. The van der Waals surface area contributed by atoms with Crippen molar-refractivity contribution in [1.29, 1.82) is 0 Å². The van der Waals surface area contributed by atoms with Crippen molar-refractivity contribution in [3.05, 3.63) is 149 Å². The molecule has 2 unspecified atom stereocenters. The molecule has 0 amide bonds. The molecule has 9 rings (SSSR count). The molecule has 2 atom stereocenters. The van der Waals surface area contributed by atoms with Gasteiger partial charge in [-0.3, -0.25) is 9.59 Å². The third kappa shape index (κ3) is 8.08. The number of hydrogen-bond donors (Lipinski definition) is 1. The first kappa shape index (κ1) is 39.5. The average Bonchev–Trinajstić information content (AvgIpc) is 3.21. The standard InChI is InChI=1S/C26H22N2O2.C20H18N2O2.2CH4/c1-27-21-8-5-7-19(15-21)20-11-12-25-23(16-20)24(29)17-26(30-25)13-6-14-28(18-26)22-9-3-2-4-10-22;1-21-16-5-2-4-14(10-16)15-6-7-19-17(11-15)18(23)12-20(24-19)8-3-9-22-13-20;;/h2-5,7-12,15-16H,6,13-14,17-18H2;2,4-7,10-11,22H,3,8-9,12-13H2;2*1H4. The average molecular weight is 745 g/mol. The van der Waals surface area contributed by atoms with Gasteiger partial charge >= 0.3 is 0 Å². The maximum atomic E-state index is 13.2. The Kier molecular flexibility index (Phi) is 11.7. The van der Waals surface area contributed by atoms with E-state index in [2.05, 4.69) is 32.0 Å². The van der Waals surface area contributed by atoms with Crippen molar-refractivity contribution >= 4 is 28.6 Å². The Bertz CT molecular complexity index is 2320. The molecule has 284 valence electrons. The number of Topliss-reactive ketones (excluding diaryl/α,β-unsaturated/α-hetero) is 2. The molecule has 4 aliphatic rings. The highest BCUT2D eigenvalue weighted by molar-refractivity contribution is 6.02. The van der Waals surface area contributed by atoms with Gasteiger partial charge < -0.3 is 19.7 Å². The fraction of sp³-hybridized carbons (Fsp3) is 0.292. The summed E-state index contributed by atoms with van der Waals surface area (Å²) in [5, 5.41) is 3.34. The highest BCUT2D eigenvalue weighted by Crippen LogP contribution is 2.42. The largest absolute Gasteiger partial charge is 0.485 e. The second-order valence-electron chi connectivity index (χ2n) is 14.7. The minimum atomic E-state index is -0.469. The number of nitrogens with one attached hydrogen (secondary N) is 1. The molecular formula is C48H48N4O4. The van der Waals surface area contributed by atoms with Crippen LogP contribution < -0.4 is 19.7 Å². The van der Waals surface area contributed by atoms with Gasteiger partial charge in [0.2, 0.25) is 0 Å². The summed E-state index contributed by atoms with van der Waals surface area (Å²) in [7, 11) is 0. The van der Waals surface area contributed by atoms with Crippen LogP contribution in [0.25, 0.3) is 31.9 Å². The number of nitrogens with zero attached hydrogens (tertiary/aromatic N) is 3. The third-order valence-electron chi connectivity index (χ3n) is 10.9. The molecule has 2 saturated heterocycles. The lowest BCUT2D eigenvalue weighted by Gasteiger charge is -2.45. The van der Waals surface area contributed by atoms with Crippen LogP contribution in [0.4, 0.5) is 17.1 Å². The van der Waals surface area contributed by atoms with Crippen LogP contribution in [0.3, 0.4) is 0 Å². The van der Waals surface area contributed by atoms with E-state index in [1.54, 1.807) is 12.1 Å². The molecule has 2 fully saturated rings. The van der Waals surface area contributed by atoms with Gasteiger partial charge in [0.15, 0.2) is 22.9 Å². The lowest BCUT2D eigenvalue weighted by atomic mass is 9.83. The van der Waals surface area contributed by atoms with E-state index in [4.69, 9.17) is 22.6 Å². The summed E-state index contributed by atoms with van der Waals surface area (Å²) in [6.45, 7) is 17.8. The third-order valence-corrected chi connectivity index (χ3v) is 10.9. The van der Waals surface area contributed by atoms with Gasteiger partial charge in [0, 0.05) is 18.8 Å². The summed E-state index contributed by atoms with van der Waals surface area (Å²) in [6.07, 6.45) is 4.66. The van der Waals surface area contributed by atoms with Crippen molar-refractivity contribution in [2.24, 2.45) is 0 Å². The van der Waals surface area contributed by atoms with Gasteiger partial charge in [0.05, 0.1) is 43.7 Å². The maximum absolute atomic E-state index is 13.2. The first-order valence-electron chi connectivity index (χ1n) is 18.5. The van der Waals surface area contributed by atoms with Crippen LogP contribution in [0.5, 0.6) is 11.5 Å². The number of carbonyl (C=O) groups is 2. The van der Waals surface area contributed by atoms with Gasteiger partial charge in [0.25, 0.3) is 0 Å². The Hall–Kier alpha value is -6.22. The van der Waals surface area contributed by atoms with Crippen molar-refractivity contribution in [3.8, 4) is 33.8 Å². The van der Waals surface area contributed by atoms with Crippen molar-refractivity contribution in [1.82, 2.24) is 5.32 Å². The molecule has 4 aliphatic heterocycles. The van der Waals surface area contributed by atoms with E-state index in [1.165, 1.54) is 5.69 Å². The van der Waals surface area contributed by atoms with Crippen LogP contribution in [-0.4, -0.2) is 48.9 Å². The summed E-state index contributed by atoms with van der Waals surface area (Å²) in [4.78, 5) is 35.2. The van der Waals surface area contributed by atoms with Crippen molar-refractivity contribution in [2.45, 2.75) is 64.6 Å². The SMILES string of the molecule is C.C.[C-]#[N+]c1cccc(-c2ccc3c(c2)C(=O)CC2(CCCN(c4ccccc4)C2)O3)c1.[C-]#[N+]c1cccc(-c2ccc3c(c2)C(=O)CC2(CCCNC2)O3)c1. The minimum Gasteiger partial charge on any atom is -0.485 e. The van der Waals surface area contributed by atoms with Crippen LogP contribution in [0.2, 0.25) is 0 Å². The molecule has 0 saturated carbocycles. The normalized spacial score (nSPS) is 20.6. The predicted octanol–water partition coefficient (Wildman–Crippen LogP) is 11.2. The highest BCUT2D eigenvalue weighted by atomic mass is 16.5. The first-order chi connectivity index (χ1) is 26.3. The second-order valence-corrected chi connectivity index (χ2v) is 14.7. The quantitative estimate of drug-likeness (QED) is 0.185. The summed E-state index contributed by atoms with van der Waals surface area (Å²) in [5.41, 5.74) is 6.56. The van der Waals surface area contributed by atoms with Crippen LogP contribution in [-0.2, 0) is 0 Å². The first-order valence-corrected chi connectivity index (χ1v) is 18.5. The number of para-hydroxylation sites is 1. The zero-order valence-corrected chi connectivity index (χ0v) is 30.0. The van der Waals surface area contributed by atoms with E-state index in [1.807, 2.05) is 91.0 Å².